The van der Waals surface area contributed by atoms with Crippen LogP contribution >= 0.6 is 0 Å². The van der Waals surface area contributed by atoms with E-state index in [2.05, 4.69) is 26.9 Å². The molecule has 0 radical (unpaired) electrons. The molecule has 4 nitrogen and oxygen atoms in total. The highest BCUT2D eigenvalue weighted by Crippen LogP contribution is 2.20. The molecule has 0 aromatic carbocycles. The van der Waals surface area contributed by atoms with E-state index in [9.17, 15) is 0 Å². The summed E-state index contributed by atoms with van der Waals surface area (Å²) in [6, 6.07) is 6.90. The SMILES string of the molecule is c1ccc(CN2CCCC[C@@H]2CN2CCOCC2)nc1. The summed E-state index contributed by atoms with van der Waals surface area (Å²) >= 11 is 0. The van der Waals surface area contributed by atoms with E-state index >= 15 is 0 Å². The van der Waals surface area contributed by atoms with Gasteiger partial charge in [0.15, 0.2) is 0 Å². The predicted molar refractivity (Wildman–Crippen MR) is 79.5 cm³/mol. The van der Waals surface area contributed by atoms with Crippen LogP contribution in [0.25, 0.3) is 0 Å². The lowest BCUT2D eigenvalue weighted by Crippen LogP contribution is -2.49. The van der Waals surface area contributed by atoms with Gasteiger partial charge in [0.05, 0.1) is 18.9 Å². The molecule has 4 heteroatoms. The highest BCUT2D eigenvalue weighted by Gasteiger charge is 2.25. The molecule has 2 aliphatic heterocycles. The summed E-state index contributed by atoms with van der Waals surface area (Å²) in [5.41, 5.74) is 1.20. The maximum absolute atomic E-state index is 5.45. The molecule has 1 aromatic heterocycles. The van der Waals surface area contributed by atoms with Crippen molar-refractivity contribution >= 4 is 0 Å². The molecule has 3 rings (SSSR count). The zero-order valence-corrected chi connectivity index (χ0v) is 12.2. The average Bonchev–Trinajstić information content (AvgIpc) is 2.51. The van der Waals surface area contributed by atoms with Crippen LogP contribution in [0, 0.1) is 0 Å². The number of nitrogens with zero attached hydrogens (tertiary/aromatic N) is 3. The second-order valence-electron chi connectivity index (χ2n) is 5.85. The van der Waals surface area contributed by atoms with Gasteiger partial charge in [-0.1, -0.05) is 12.5 Å². The zero-order chi connectivity index (χ0) is 13.6. The molecule has 0 amide bonds. The molecule has 0 aliphatic carbocycles. The Hall–Kier alpha value is -0.970. The maximum atomic E-state index is 5.45. The number of hydrogen-bond donors (Lipinski definition) is 0. The van der Waals surface area contributed by atoms with Crippen molar-refractivity contribution in [2.45, 2.75) is 31.8 Å². The van der Waals surface area contributed by atoms with Crippen molar-refractivity contribution < 1.29 is 4.74 Å². The summed E-state index contributed by atoms with van der Waals surface area (Å²) in [5, 5.41) is 0. The minimum absolute atomic E-state index is 0.684. The van der Waals surface area contributed by atoms with Crippen molar-refractivity contribution in [1.29, 1.82) is 0 Å². The number of ether oxygens (including phenoxy) is 1. The Morgan fingerprint density at radius 2 is 2.05 bits per heavy atom. The Morgan fingerprint density at radius 1 is 1.15 bits per heavy atom. The van der Waals surface area contributed by atoms with Gasteiger partial charge in [0, 0.05) is 38.4 Å². The van der Waals surface area contributed by atoms with Gasteiger partial charge in [0.25, 0.3) is 0 Å². The van der Waals surface area contributed by atoms with Gasteiger partial charge in [-0.25, -0.2) is 0 Å². The van der Waals surface area contributed by atoms with Gasteiger partial charge in [-0.15, -0.1) is 0 Å². The van der Waals surface area contributed by atoms with Gasteiger partial charge < -0.3 is 4.74 Å². The van der Waals surface area contributed by atoms with Crippen LogP contribution in [0.3, 0.4) is 0 Å². The first-order valence-electron chi connectivity index (χ1n) is 7.86. The monoisotopic (exact) mass is 275 g/mol. The molecule has 3 heterocycles. The van der Waals surface area contributed by atoms with Gasteiger partial charge in [-0.05, 0) is 31.5 Å². The molecule has 2 saturated heterocycles. The quantitative estimate of drug-likeness (QED) is 0.837. The van der Waals surface area contributed by atoms with Crippen LogP contribution in [0.2, 0.25) is 0 Å². The molecular weight excluding hydrogens is 250 g/mol. The number of piperidine rings is 1. The predicted octanol–water partition coefficient (Wildman–Crippen LogP) is 1.77. The third-order valence-corrected chi connectivity index (χ3v) is 4.41. The molecule has 0 saturated carbocycles. The Morgan fingerprint density at radius 3 is 2.85 bits per heavy atom. The highest BCUT2D eigenvalue weighted by atomic mass is 16.5. The summed E-state index contributed by atoms with van der Waals surface area (Å²) < 4.78 is 5.45. The van der Waals surface area contributed by atoms with Crippen LogP contribution in [0.4, 0.5) is 0 Å². The molecule has 0 unspecified atom stereocenters. The van der Waals surface area contributed by atoms with E-state index in [4.69, 9.17) is 4.74 Å². The maximum Gasteiger partial charge on any atom is 0.0594 e. The summed E-state index contributed by atoms with van der Waals surface area (Å²) in [5.74, 6) is 0. The average molecular weight is 275 g/mol. The first-order chi connectivity index (χ1) is 9.92. The lowest BCUT2D eigenvalue weighted by atomic mass is 10.0. The number of rotatable bonds is 4. The van der Waals surface area contributed by atoms with E-state index in [-0.39, 0.29) is 0 Å². The van der Waals surface area contributed by atoms with Crippen LogP contribution < -0.4 is 0 Å². The number of aromatic nitrogens is 1. The van der Waals surface area contributed by atoms with E-state index in [1.165, 1.54) is 38.0 Å². The van der Waals surface area contributed by atoms with Gasteiger partial charge in [0.1, 0.15) is 0 Å². The fourth-order valence-electron chi connectivity index (χ4n) is 3.26. The number of likely N-dealkylation sites (tertiary alicyclic amines) is 1. The molecule has 0 bridgehead atoms. The second kappa shape index (κ2) is 7.16. The first-order valence-corrected chi connectivity index (χ1v) is 7.86. The first kappa shape index (κ1) is 14.0. The number of pyridine rings is 1. The van der Waals surface area contributed by atoms with E-state index in [1.54, 1.807) is 0 Å². The molecule has 1 atom stereocenters. The fourth-order valence-corrected chi connectivity index (χ4v) is 3.26. The van der Waals surface area contributed by atoms with Gasteiger partial charge in [-0.2, -0.15) is 0 Å². The standard InChI is InChI=1S/C16H25N3O/c1-3-7-17-15(5-1)13-19-8-4-2-6-16(19)14-18-9-11-20-12-10-18/h1,3,5,7,16H,2,4,6,8-14H2/t16-/m1/s1. The van der Waals surface area contributed by atoms with Crippen molar-refractivity contribution in [3.05, 3.63) is 30.1 Å². The zero-order valence-electron chi connectivity index (χ0n) is 12.2. The van der Waals surface area contributed by atoms with E-state index < -0.39 is 0 Å². The number of hydrogen-bond acceptors (Lipinski definition) is 4. The molecule has 2 fully saturated rings. The highest BCUT2D eigenvalue weighted by molar-refractivity contribution is 5.04. The molecule has 110 valence electrons. The Bertz CT molecular complexity index is 392. The lowest BCUT2D eigenvalue weighted by molar-refractivity contribution is 0.0151. The van der Waals surface area contributed by atoms with E-state index in [0.717, 1.165) is 32.8 Å². The summed E-state index contributed by atoms with van der Waals surface area (Å²) in [6.07, 6.45) is 5.92. The van der Waals surface area contributed by atoms with Gasteiger partial charge in [0.2, 0.25) is 0 Å². The van der Waals surface area contributed by atoms with E-state index in [0.29, 0.717) is 6.04 Å². The Kier molecular flexibility index (Phi) is 5.01. The topological polar surface area (TPSA) is 28.6 Å². The smallest absolute Gasteiger partial charge is 0.0594 e. The van der Waals surface area contributed by atoms with Crippen molar-refractivity contribution in [1.82, 2.24) is 14.8 Å². The second-order valence-corrected chi connectivity index (χ2v) is 5.85. The Balaban J connectivity index is 1.58. The van der Waals surface area contributed by atoms with Gasteiger partial charge in [-0.3, -0.25) is 14.8 Å². The minimum Gasteiger partial charge on any atom is -0.379 e. The van der Waals surface area contributed by atoms with Crippen molar-refractivity contribution in [3.63, 3.8) is 0 Å². The molecular formula is C16H25N3O. The molecule has 0 N–H and O–H groups in total. The van der Waals surface area contributed by atoms with Crippen LogP contribution in [0.1, 0.15) is 25.0 Å². The van der Waals surface area contributed by atoms with Crippen LogP contribution in [0.5, 0.6) is 0 Å². The van der Waals surface area contributed by atoms with Gasteiger partial charge >= 0.3 is 0 Å². The van der Waals surface area contributed by atoms with Crippen molar-refractivity contribution in [2.75, 3.05) is 39.4 Å². The van der Waals surface area contributed by atoms with Crippen LogP contribution in [0.15, 0.2) is 24.4 Å². The fraction of sp³-hybridized carbons (Fsp3) is 0.688. The minimum atomic E-state index is 0.684. The third-order valence-electron chi connectivity index (χ3n) is 4.41. The summed E-state index contributed by atoms with van der Waals surface area (Å²) in [6.45, 7) is 7.37. The summed E-state index contributed by atoms with van der Waals surface area (Å²) in [4.78, 5) is 9.67. The van der Waals surface area contributed by atoms with Crippen molar-refractivity contribution in [3.8, 4) is 0 Å². The van der Waals surface area contributed by atoms with E-state index in [1.807, 2.05) is 12.3 Å². The van der Waals surface area contributed by atoms with Crippen molar-refractivity contribution in [2.24, 2.45) is 0 Å². The summed E-state index contributed by atoms with van der Waals surface area (Å²) in [7, 11) is 0. The number of morpholine rings is 1. The molecule has 2 aliphatic rings. The third kappa shape index (κ3) is 3.78. The molecule has 20 heavy (non-hydrogen) atoms. The lowest BCUT2D eigenvalue weighted by Gasteiger charge is -2.39. The molecule has 0 spiro atoms. The molecule has 1 aromatic rings. The van der Waals surface area contributed by atoms with Crippen LogP contribution in [-0.4, -0.2) is 60.2 Å². The normalized spacial score (nSPS) is 25.7. The largest absolute Gasteiger partial charge is 0.379 e. The Labute approximate surface area is 121 Å². The van der Waals surface area contributed by atoms with Crippen LogP contribution in [-0.2, 0) is 11.3 Å².